The second-order valence-corrected chi connectivity index (χ2v) is 5.98. The topological polar surface area (TPSA) is 25.8 Å². The number of halogens is 1. The fraction of sp³-hybridized carbons (Fsp3) is 0. The number of hydrogen-bond donors (Lipinski definition) is 0. The van der Waals surface area contributed by atoms with Crippen molar-refractivity contribution < 1.29 is 0 Å². The van der Waals surface area contributed by atoms with E-state index in [1.54, 1.807) is 22.7 Å². The van der Waals surface area contributed by atoms with Crippen molar-refractivity contribution in [1.82, 2.24) is 9.97 Å². The average Bonchev–Trinajstić information content (AvgIpc) is 3.00. The zero-order valence-electron chi connectivity index (χ0n) is 8.63. The van der Waals surface area contributed by atoms with E-state index in [1.807, 2.05) is 29.9 Å². The number of rotatable bonds is 2. The molecule has 84 valence electrons. The number of hydrogen-bond acceptors (Lipinski definition) is 4. The van der Waals surface area contributed by atoms with Gasteiger partial charge in [-0.2, -0.15) is 0 Å². The van der Waals surface area contributed by atoms with Crippen LogP contribution in [0.3, 0.4) is 0 Å². The molecular weight excluding hydrogens is 316 g/mol. The summed E-state index contributed by atoms with van der Waals surface area (Å²) in [5.41, 5.74) is 3.96. The second-order valence-electron chi connectivity index (χ2n) is 3.38. The third-order valence-electron chi connectivity index (χ3n) is 2.29. The molecule has 3 aromatic rings. The molecule has 0 saturated heterocycles. The van der Waals surface area contributed by atoms with E-state index in [4.69, 9.17) is 0 Å². The van der Waals surface area contributed by atoms with Crippen LogP contribution < -0.4 is 0 Å². The summed E-state index contributed by atoms with van der Waals surface area (Å²) in [6.45, 7) is 0. The standard InChI is InChI=1S/C12H7BrN2S2/c13-9-4-2-1-3-8(9)12-15-10(6-16-12)11-5-14-7-17-11/h1-7H. The Morgan fingerprint density at radius 2 is 2.00 bits per heavy atom. The van der Waals surface area contributed by atoms with Gasteiger partial charge in [-0.05, 0) is 6.07 Å². The van der Waals surface area contributed by atoms with Crippen molar-refractivity contribution in [3.8, 4) is 21.1 Å². The summed E-state index contributed by atoms with van der Waals surface area (Å²) in [6, 6.07) is 8.13. The van der Waals surface area contributed by atoms with E-state index >= 15 is 0 Å². The van der Waals surface area contributed by atoms with Crippen LogP contribution in [0, 0.1) is 0 Å². The van der Waals surface area contributed by atoms with E-state index in [1.165, 1.54) is 0 Å². The lowest BCUT2D eigenvalue weighted by Gasteiger charge is -1.98. The molecule has 0 unspecified atom stereocenters. The summed E-state index contributed by atoms with van der Waals surface area (Å²) in [5.74, 6) is 0. The van der Waals surface area contributed by atoms with E-state index in [-0.39, 0.29) is 0 Å². The quantitative estimate of drug-likeness (QED) is 0.683. The van der Waals surface area contributed by atoms with Crippen LogP contribution in [-0.2, 0) is 0 Å². The minimum Gasteiger partial charge on any atom is -0.252 e. The third kappa shape index (κ3) is 2.18. The highest BCUT2D eigenvalue weighted by atomic mass is 79.9. The summed E-state index contributed by atoms with van der Waals surface area (Å²) < 4.78 is 1.07. The molecule has 0 aliphatic carbocycles. The first kappa shape index (κ1) is 11.1. The molecule has 0 radical (unpaired) electrons. The first-order valence-electron chi connectivity index (χ1n) is 4.94. The SMILES string of the molecule is Brc1ccccc1-c1nc(-c2cncs2)cs1. The molecule has 0 bridgehead atoms. The fourth-order valence-electron chi connectivity index (χ4n) is 1.49. The van der Waals surface area contributed by atoms with Crippen molar-refractivity contribution in [1.29, 1.82) is 0 Å². The van der Waals surface area contributed by atoms with Gasteiger partial charge in [0.1, 0.15) is 5.01 Å². The van der Waals surface area contributed by atoms with Crippen LogP contribution in [0.2, 0.25) is 0 Å². The molecule has 2 aromatic heterocycles. The second kappa shape index (κ2) is 4.68. The normalized spacial score (nSPS) is 10.6. The van der Waals surface area contributed by atoms with Gasteiger partial charge < -0.3 is 0 Å². The number of nitrogens with zero attached hydrogens (tertiary/aromatic N) is 2. The van der Waals surface area contributed by atoms with Gasteiger partial charge in [-0.15, -0.1) is 22.7 Å². The van der Waals surface area contributed by atoms with Crippen LogP contribution in [0.1, 0.15) is 0 Å². The van der Waals surface area contributed by atoms with Crippen molar-refractivity contribution in [3.05, 3.63) is 45.8 Å². The Kier molecular flexibility index (Phi) is 3.05. The molecule has 0 N–H and O–H groups in total. The van der Waals surface area contributed by atoms with Crippen molar-refractivity contribution in [3.63, 3.8) is 0 Å². The maximum atomic E-state index is 4.64. The zero-order valence-corrected chi connectivity index (χ0v) is 11.8. The fourth-order valence-corrected chi connectivity index (χ4v) is 3.61. The van der Waals surface area contributed by atoms with E-state index in [2.05, 4.69) is 37.3 Å². The Hall–Kier alpha value is -1.04. The molecule has 0 spiro atoms. The van der Waals surface area contributed by atoms with E-state index < -0.39 is 0 Å². The van der Waals surface area contributed by atoms with Gasteiger partial charge >= 0.3 is 0 Å². The van der Waals surface area contributed by atoms with Gasteiger partial charge in [0.15, 0.2) is 0 Å². The maximum Gasteiger partial charge on any atom is 0.125 e. The number of thiazole rings is 2. The highest BCUT2D eigenvalue weighted by Gasteiger charge is 2.09. The molecule has 17 heavy (non-hydrogen) atoms. The molecule has 1 aromatic carbocycles. The lowest BCUT2D eigenvalue weighted by molar-refractivity contribution is 1.38. The first-order valence-corrected chi connectivity index (χ1v) is 7.49. The maximum absolute atomic E-state index is 4.64. The predicted octanol–water partition coefficient (Wildman–Crippen LogP) is 4.70. The molecular formula is C12H7BrN2S2. The van der Waals surface area contributed by atoms with Crippen LogP contribution >= 0.6 is 38.6 Å². The molecule has 0 fully saturated rings. The molecule has 0 aliphatic rings. The van der Waals surface area contributed by atoms with Crippen molar-refractivity contribution in [2.24, 2.45) is 0 Å². The minimum atomic E-state index is 1.00. The van der Waals surface area contributed by atoms with Gasteiger partial charge in [0.2, 0.25) is 0 Å². The largest absolute Gasteiger partial charge is 0.252 e. The van der Waals surface area contributed by atoms with E-state index in [9.17, 15) is 0 Å². The van der Waals surface area contributed by atoms with Crippen LogP contribution in [-0.4, -0.2) is 9.97 Å². The smallest absolute Gasteiger partial charge is 0.125 e. The van der Waals surface area contributed by atoms with Gasteiger partial charge in [0, 0.05) is 21.6 Å². The van der Waals surface area contributed by atoms with E-state index in [0.717, 1.165) is 25.6 Å². The van der Waals surface area contributed by atoms with Crippen LogP contribution in [0.25, 0.3) is 21.1 Å². The summed E-state index contributed by atoms with van der Waals surface area (Å²) in [6.07, 6.45) is 1.85. The monoisotopic (exact) mass is 322 g/mol. The van der Waals surface area contributed by atoms with Crippen molar-refractivity contribution in [2.75, 3.05) is 0 Å². The molecule has 2 heterocycles. The Labute approximate surface area is 115 Å². The van der Waals surface area contributed by atoms with Crippen LogP contribution in [0.4, 0.5) is 0 Å². The van der Waals surface area contributed by atoms with Crippen molar-refractivity contribution >= 4 is 38.6 Å². The van der Waals surface area contributed by atoms with Gasteiger partial charge in [0.05, 0.1) is 16.1 Å². The Balaban J connectivity index is 2.04. The summed E-state index contributed by atoms with van der Waals surface area (Å²) in [7, 11) is 0. The Morgan fingerprint density at radius 1 is 1.12 bits per heavy atom. The number of benzene rings is 1. The van der Waals surface area contributed by atoms with Gasteiger partial charge in [-0.1, -0.05) is 34.1 Å². The molecule has 0 amide bonds. The van der Waals surface area contributed by atoms with Gasteiger partial charge in [-0.25, -0.2) is 4.98 Å². The molecule has 0 aliphatic heterocycles. The van der Waals surface area contributed by atoms with Gasteiger partial charge in [-0.3, -0.25) is 4.98 Å². The average molecular weight is 323 g/mol. The minimum absolute atomic E-state index is 1.00. The molecule has 0 atom stereocenters. The first-order chi connectivity index (χ1) is 8.34. The molecule has 0 saturated carbocycles. The lowest BCUT2D eigenvalue weighted by atomic mass is 10.2. The number of aromatic nitrogens is 2. The molecule has 2 nitrogen and oxygen atoms in total. The van der Waals surface area contributed by atoms with Gasteiger partial charge in [0.25, 0.3) is 0 Å². The summed E-state index contributed by atoms with van der Waals surface area (Å²) in [5, 5.41) is 3.10. The molecule has 3 rings (SSSR count). The predicted molar refractivity (Wildman–Crippen MR) is 76.4 cm³/mol. The highest BCUT2D eigenvalue weighted by molar-refractivity contribution is 9.10. The lowest BCUT2D eigenvalue weighted by Crippen LogP contribution is -1.78. The van der Waals surface area contributed by atoms with E-state index in [0.29, 0.717) is 0 Å². The summed E-state index contributed by atoms with van der Waals surface area (Å²) in [4.78, 5) is 9.83. The Bertz CT molecular complexity index is 632. The third-order valence-corrected chi connectivity index (χ3v) is 4.66. The van der Waals surface area contributed by atoms with Crippen LogP contribution in [0.15, 0.2) is 45.8 Å². The highest BCUT2D eigenvalue weighted by Crippen LogP contribution is 2.33. The molecule has 5 heteroatoms. The van der Waals surface area contributed by atoms with Crippen molar-refractivity contribution in [2.45, 2.75) is 0 Å². The zero-order chi connectivity index (χ0) is 11.7. The Morgan fingerprint density at radius 3 is 2.76 bits per heavy atom. The summed E-state index contributed by atoms with van der Waals surface area (Å²) >= 11 is 6.81. The van der Waals surface area contributed by atoms with Crippen LogP contribution in [0.5, 0.6) is 0 Å².